The van der Waals surface area contributed by atoms with Gasteiger partial charge in [-0.2, -0.15) is 0 Å². The van der Waals surface area contributed by atoms with Crippen LogP contribution in [0.3, 0.4) is 0 Å². The molecule has 3 nitrogen and oxygen atoms in total. The molecule has 17 heavy (non-hydrogen) atoms. The lowest BCUT2D eigenvalue weighted by atomic mass is 10.0. The molecule has 0 spiro atoms. The highest BCUT2D eigenvalue weighted by Crippen LogP contribution is 2.25. The van der Waals surface area contributed by atoms with Crippen molar-refractivity contribution < 1.29 is 9.53 Å². The van der Waals surface area contributed by atoms with Crippen LogP contribution in [0.4, 0.5) is 4.79 Å². The standard InChI is InChI=1S/C12H19I2NO2/c1-12(2,3)17-11(16)15-7-5-4-6-9(15)8-10(13)14/h8-9H,4-7H2,1-3H3. The van der Waals surface area contributed by atoms with Gasteiger partial charge in [-0.1, -0.05) is 0 Å². The first-order valence-corrected chi connectivity index (χ1v) is 7.98. The minimum absolute atomic E-state index is 0.187. The molecule has 0 aromatic heterocycles. The molecule has 0 aromatic rings. The number of rotatable bonds is 1. The summed E-state index contributed by atoms with van der Waals surface area (Å²) in [5.41, 5.74) is -0.416. The predicted molar refractivity (Wildman–Crippen MR) is 86.7 cm³/mol. The molecular formula is C12H19I2NO2. The second-order valence-electron chi connectivity index (χ2n) is 5.19. The summed E-state index contributed by atoms with van der Waals surface area (Å²) in [6.45, 7) is 6.52. The fourth-order valence-electron chi connectivity index (χ4n) is 1.82. The number of ether oxygens (including phenoxy) is 1. The molecule has 1 aliphatic heterocycles. The Morgan fingerprint density at radius 2 is 2.00 bits per heavy atom. The number of nitrogens with zero attached hydrogens (tertiary/aromatic N) is 1. The van der Waals surface area contributed by atoms with Gasteiger partial charge in [0.2, 0.25) is 0 Å². The van der Waals surface area contributed by atoms with Crippen LogP contribution in [-0.2, 0) is 4.74 Å². The zero-order valence-electron chi connectivity index (χ0n) is 10.5. The summed E-state index contributed by atoms with van der Waals surface area (Å²) in [7, 11) is 0. The molecule has 0 saturated carbocycles. The molecule has 1 atom stereocenters. The van der Waals surface area contributed by atoms with E-state index in [9.17, 15) is 4.79 Å². The van der Waals surface area contributed by atoms with Crippen LogP contribution in [-0.4, -0.2) is 29.2 Å². The van der Waals surface area contributed by atoms with Crippen LogP contribution in [0.5, 0.6) is 0 Å². The Bertz CT molecular complexity index is 306. The molecule has 1 unspecified atom stereocenters. The van der Waals surface area contributed by atoms with E-state index in [4.69, 9.17) is 4.74 Å². The molecule has 0 aliphatic carbocycles. The van der Waals surface area contributed by atoms with Crippen LogP contribution in [0.1, 0.15) is 40.0 Å². The largest absolute Gasteiger partial charge is 0.444 e. The van der Waals surface area contributed by atoms with Crippen molar-refractivity contribution in [3.63, 3.8) is 0 Å². The first-order chi connectivity index (χ1) is 7.79. The summed E-state index contributed by atoms with van der Waals surface area (Å²) in [4.78, 5) is 13.9. The zero-order chi connectivity index (χ0) is 13.1. The van der Waals surface area contributed by atoms with Gasteiger partial charge in [0.1, 0.15) is 5.60 Å². The summed E-state index contributed by atoms with van der Waals surface area (Å²) in [5.74, 6) is 0. The van der Waals surface area contributed by atoms with Crippen molar-refractivity contribution in [2.24, 2.45) is 0 Å². The average Bonchev–Trinajstić information content (AvgIpc) is 2.14. The van der Waals surface area contributed by atoms with E-state index in [1.54, 1.807) is 0 Å². The molecule has 98 valence electrons. The maximum Gasteiger partial charge on any atom is 0.410 e. The van der Waals surface area contributed by atoms with Crippen LogP contribution < -0.4 is 0 Å². The number of likely N-dealkylation sites (tertiary alicyclic amines) is 1. The Hall–Kier alpha value is 0.470. The lowest BCUT2D eigenvalue weighted by Crippen LogP contribution is -2.45. The molecule has 1 saturated heterocycles. The SMILES string of the molecule is CC(C)(C)OC(=O)N1CCCCC1C=C(I)I. The Morgan fingerprint density at radius 1 is 1.35 bits per heavy atom. The quantitative estimate of drug-likeness (QED) is 0.537. The van der Waals surface area contributed by atoms with E-state index in [2.05, 4.69) is 51.3 Å². The number of carbonyl (C=O) groups excluding carboxylic acids is 1. The lowest BCUT2D eigenvalue weighted by molar-refractivity contribution is 0.0150. The molecule has 0 radical (unpaired) electrons. The third kappa shape index (κ3) is 5.76. The zero-order valence-corrected chi connectivity index (χ0v) is 14.8. The third-order valence-electron chi connectivity index (χ3n) is 2.50. The van der Waals surface area contributed by atoms with Crippen molar-refractivity contribution in [1.29, 1.82) is 0 Å². The number of hydrogen-bond donors (Lipinski definition) is 0. The summed E-state index contributed by atoms with van der Waals surface area (Å²) in [5, 5.41) is 0. The first-order valence-electron chi connectivity index (χ1n) is 5.82. The molecule has 1 fully saturated rings. The highest BCUT2D eigenvalue weighted by Gasteiger charge is 2.29. The molecule has 1 heterocycles. The van der Waals surface area contributed by atoms with Gasteiger partial charge in [-0.3, -0.25) is 0 Å². The number of amides is 1. The van der Waals surface area contributed by atoms with Crippen LogP contribution in [0.2, 0.25) is 0 Å². The summed E-state index contributed by atoms with van der Waals surface area (Å²) in [6, 6.07) is 0.197. The van der Waals surface area contributed by atoms with Gasteiger partial charge >= 0.3 is 6.09 Å². The van der Waals surface area contributed by atoms with Gasteiger partial charge in [-0.25, -0.2) is 4.79 Å². The predicted octanol–water partition coefficient (Wildman–Crippen LogP) is 4.49. The van der Waals surface area contributed by atoms with Crippen molar-refractivity contribution in [2.45, 2.75) is 51.7 Å². The Labute approximate surface area is 131 Å². The van der Waals surface area contributed by atoms with E-state index >= 15 is 0 Å². The topological polar surface area (TPSA) is 29.5 Å². The smallest absolute Gasteiger partial charge is 0.410 e. The monoisotopic (exact) mass is 463 g/mol. The van der Waals surface area contributed by atoms with E-state index < -0.39 is 5.60 Å². The molecule has 0 aromatic carbocycles. The van der Waals surface area contributed by atoms with Crippen LogP contribution in [0, 0.1) is 0 Å². The highest BCUT2D eigenvalue weighted by molar-refractivity contribution is 14.2. The summed E-state index contributed by atoms with van der Waals surface area (Å²) < 4.78 is 6.64. The summed E-state index contributed by atoms with van der Waals surface area (Å²) in [6.07, 6.45) is 5.24. The van der Waals surface area contributed by atoms with Crippen LogP contribution >= 0.6 is 45.2 Å². The maximum atomic E-state index is 12.1. The Balaban J connectivity index is 2.71. The minimum Gasteiger partial charge on any atom is -0.444 e. The van der Waals surface area contributed by atoms with Gasteiger partial charge in [0, 0.05) is 8.13 Å². The number of halogens is 2. The molecule has 0 N–H and O–H groups in total. The molecular weight excluding hydrogens is 444 g/mol. The van der Waals surface area contributed by atoms with Crippen molar-refractivity contribution in [1.82, 2.24) is 4.90 Å². The molecule has 1 amide bonds. The van der Waals surface area contributed by atoms with Gasteiger partial charge in [-0.15, -0.1) is 0 Å². The second-order valence-corrected chi connectivity index (χ2v) is 9.58. The van der Waals surface area contributed by atoms with Gasteiger partial charge in [-0.05, 0) is 91.3 Å². The second kappa shape index (κ2) is 6.58. The van der Waals surface area contributed by atoms with E-state index in [1.807, 2.05) is 25.7 Å². The van der Waals surface area contributed by atoms with Crippen molar-refractivity contribution in [2.75, 3.05) is 6.54 Å². The highest BCUT2D eigenvalue weighted by atomic mass is 127. The number of piperidine rings is 1. The van der Waals surface area contributed by atoms with E-state index in [-0.39, 0.29) is 12.1 Å². The molecule has 1 aliphatic rings. The summed E-state index contributed by atoms with van der Waals surface area (Å²) >= 11 is 4.55. The lowest BCUT2D eigenvalue weighted by Gasteiger charge is -2.35. The van der Waals surface area contributed by atoms with Gasteiger partial charge in [0.05, 0.1) is 6.04 Å². The van der Waals surface area contributed by atoms with Crippen LogP contribution in [0.15, 0.2) is 7.66 Å². The molecule has 1 rings (SSSR count). The van der Waals surface area contributed by atoms with Crippen molar-refractivity contribution in [3.8, 4) is 0 Å². The molecule has 0 bridgehead atoms. The fraction of sp³-hybridized carbons (Fsp3) is 0.750. The van der Waals surface area contributed by atoms with Gasteiger partial charge in [0.15, 0.2) is 0 Å². The Morgan fingerprint density at radius 3 is 2.53 bits per heavy atom. The van der Waals surface area contributed by atoms with Crippen LogP contribution in [0.25, 0.3) is 0 Å². The van der Waals surface area contributed by atoms with E-state index in [0.717, 1.165) is 19.4 Å². The number of hydrogen-bond acceptors (Lipinski definition) is 2. The Kier molecular flexibility index (Phi) is 6.01. The fourth-order valence-corrected chi connectivity index (χ4v) is 2.65. The third-order valence-corrected chi connectivity index (χ3v) is 3.21. The van der Waals surface area contributed by atoms with E-state index in [0.29, 0.717) is 0 Å². The number of carbonyl (C=O) groups is 1. The van der Waals surface area contributed by atoms with E-state index in [1.165, 1.54) is 8.01 Å². The minimum atomic E-state index is -0.416. The maximum absolute atomic E-state index is 12.1. The van der Waals surface area contributed by atoms with Gasteiger partial charge < -0.3 is 9.64 Å². The van der Waals surface area contributed by atoms with Crippen molar-refractivity contribution in [3.05, 3.63) is 7.66 Å². The normalized spacial score (nSPS) is 21.0. The van der Waals surface area contributed by atoms with Gasteiger partial charge in [0.25, 0.3) is 0 Å². The first kappa shape index (κ1) is 15.5. The van der Waals surface area contributed by atoms with Crippen molar-refractivity contribution >= 4 is 51.3 Å². The molecule has 5 heteroatoms. The average molecular weight is 463 g/mol.